The molecule has 0 aliphatic heterocycles. The molecule has 1 aromatic carbocycles. The summed E-state index contributed by atoms with van der Waals surface area (Å²) in [5, 5.41) is 0. The second-order valence-electron chi connectivity index (χ2n) is 2.78. The zero-order valence-electron chi connectivity index (χ0n) is 8.78. The van der Waals surface area contributed by atoms with Crippen molar-refractivity contribution < 1.29 is 9.53 Å². The van der Waals surface area contributed by atoms with Crippen LogP contribution in [0.15, 0.2) is 30.3 Å². The molecule has 0 saturated heterocycles. The summed E-state index contributed by atoms with van der Waals surface area (Å²) < 4.78 is 4.57. The van der Waals surface area contributed by atoms with E-state index in [1.54, 1.807) is 0 Å². The van der Waals surface area contributed by atoms with Gasteiger partial charge in [-0.1, -0.05) is 37.3 Å². The molecule has 0 saturated carbocycles. The summed E-state index contributed by atoms with van der Waals surface area (Å²) in [7, 11) is 0. The molecule has 0 fully saturated rings. The molecule has 1 aromatic rings. The van der Waals surface area contributed by atoms with Crippen LogP contribution in [0.2, 0.25) is 0 Å². The number of carbonyl (C=O) groups excluding carboxylic acids is 1. The Bertz CT molecular complexity index is 263. The minimum atomic E-state index is -0.742. The SMILES string of the molecule is CCCCl.NC(=O)OCc1ccccc1. The molecule has 0 spiro atoms. The normalized spacial score (nSPS) is 8.67. The topological polar surface area (TPSA) is 52.3 Å². The largest absolute Gasteiger partial charge is 0.445 e. The van der Waals surface area contributed by atoms with Crippen molar-refractivity contribution in [3.63, 3.8) is 0 Å². The molecule has 0 unspecified atom stereocenters. The number of alkyl halides is 1. The highest BCUT2D eigenvalue weighted by molar-refractivity contribution is 6.17. The second kappa shape index (κ2) is 9.34. The van der Waals surface area contributed by atoms with Gasteiger partial charge in [0, 0.05) is 5.88 Å². The number of carbonyl (C=O) groups is 1. The quantitative estimate of drug-likeness (QED) is 0.811. The molecule has 0 aliphatic rings. The van der Waals surface area contributed by atoms with Gasteiger partial charge in [0.2, 0.25) is 0 Å². The van der Waals surface area contributed by atoms with Crippen molar-refractivity contribution in [1.82, 2.24) is 0 Å². The molecule has 0 aliphatic carbocycles. The molecule has 15 heavy (non-hydrogen) atoms. The van der Waals surface area contributed by atoms with Gasteiger partial charge in [-0.3, -0.25) is 0 Å². The first-order valence-corrected chi connectivity index (χ1v) is 5.26. The Morgan fingerprint density at radius 1 is 1.40 bits per heavy atom. The molecular formula is C11H16ClNO2. The number of ether oxygens (including phenoxy) is 1. The van der Waals surface area contributed by atoms with E-state index in [0.29, 0.717) is 0 Å². The first-order valence-electron chi connectivity index (χ1n) is 4.72. The first kappa shape index (κ1) is 13.8. The highest BCUT2D eigenvalue weighted by Gasteiger charge is 1.93. The summed E-state index contributed by atoms with van der Waals surface area (Å²) in [5.41, 5.74) is 5.72. The Hall–Kier alpha value is -1.22. The third kappa shape index (κ3) is 9.09. The van der Waals surface area contributed by atoms with Gasteiger partial charge in [0.1, 0.15) is 6.61 Å². The van der Waals surface area contributed by atoms with E-state index in [1.165, 1.54) is 0 Å². The summed E-state index contributed by atoms with van der Waals surface area (Å²) in [6.07, 6.45) is 0.343. The van der Waals surface area contributed by atoms with E-state index in [1.807, 2.05) is 37.3 Å². The van der Waals surface area contributed by atoms with Crippen molar-refractivity contribution in [2.24, 2.45) is 5.73 Å². The number of halogens is 1. The molecule has 0 atom stereocenters. The lowest BCUT2D eigenvalue weighted by Gasteiger charge is -1.99. The minimum Gasteiger partial charge on any atom is -0.445 e. The van der Waals surface area contributed by atoms with Gasteiger partial charge in [0.05, 0.1) is 0 Å². The molecule has 3 nitrogen and oxygen atoms in total. The molecule has 0 heterocycles. The zero-order chi connectivity index (χ0) is 11.5. The number of nitrogens with two attached hydrogens (primary N) is 1. The van der Waals surface area contributed by atoms with Crippen LogP contribution in [-0.2, 0) is 11.3 Å². The Kier molecular flexibility index (Phi) is 8.58. The Balaban J connectivity index is 0.000000423. The number of benzene rings is 1. The molecule has 0 radical (unpaired) electrons. The van der Waals surface area contributed by atoms with Crippen LogP contribution in [0.1, 0.15) is 18.9 Å². The standard InChI is InChI=1S/C8H9NO2.C3H7Cl/c9-8(10)11-6-7-4-2-1-3-5-7;1-2-3-4/h1-5H,6H2,(H2,9,10);2-3H2,1H3. The van der Waals surface area contributed by atoms with Crippen molar-refractivity contribution in [3.05, 3.63) is 35.9 Å². The molecule has 84 valence electrons. The first-order chi connectivity index (χ1) is 7.20. The van der Waals surface area contributed by atoms with E-state index in [2.05, 4.69) is 4.74 Å². The summed E-state index contributed by atoms with van der Waals surface area (Å²) in [5.74, 6) is 0.792. The fourth-order valence-electron chi connectivity index (χ4n) is 0.729. The zero-order valence-corrected chi connectivity index (χ0v) is 9.54. The average molecular weight is 230 g/mol. The van der Waals surface area contributed by atoms with Gasteiger partial charge in [-0.2, -0.15) is 0 Å². The van der Waals surface area contributed by atoms with Gasteiger partial charge in [0.15, 0.2) is 0 Å². The highest BCUT2D eigenvalue weighted by Crippen LogP contribution is 1.99. The lowest BCUT2D eigenvalue weighted by Crippen LogP contribution is -2.12. The van der Waals surface area contributed by atoms with E-state index < -0.39 is 6.09 Å². The molecule has 1 rings (SSSR count). The Morgan fingerprint density at radius 2 is 1.93 bits per heavy atom. The van der Waals surface area contributed by atoms with E-state index in [4.69, 9.17) is 17.3 Å². The summed E-state index contributed by atoms with van der Waals surface area (Å²) >= 11 is 5.19. The van der Waals surface area contributed by atoms with Crippen molar-refractivity contribution in [2.75, 3.05) is 5.88 Å². The van der Waals surface area contributed by atoms with Gasteiger partial charge < -0.3 is 10.5 Å². The third-order valence-corrected chi connectivity index (χ3v) is 1.79. The monoisotopic (exact) mass is 229 g/mol. The van der Waals surface area contributed by atoms with Crippen molar-refractivity contribution in [2.45, 2.75) is 20.0 Å². The van der Waals surface area contributed by atoms with Crippen LogP contribution in [0.5, 0.6) is 0 Å². The maximum absolute atomic E-state index is 10.2. The van der Waals surface area contributed by atoms with E-state index >= 15 is 0 Å². The van der Waals surface area contributed by atoms with Crippen molar-refractivity contribution >= 4 is 17.7 Å². The predicted octanol–water partition coefficient (Wildman–Crippen LogP) is 2.92. The van der Waals surface area contributed by atoms with Crippen LogP contribution in [0.3, 0.4) is 0 Å². The lowest BCUT2D eigenvalue weighted by atomic mass is 10.2. The maximum atomic E-state index is 10.2. The van der Waals surface area contributed by atoms with Gasteiger partial charge in [0.25, 0.3) is 0 Å². The lowest BCUT2D eigenvalue weighted by molar-refractivity contribution is 0.150. The second-order valence-corrected chi connectivity index (χ2v) is 3.16. The smallest absolute Gasteiger partial charge is 0.404 e. The number of rotatable bonds is 3. The van der Waals surface area contributed by atoms with Gasteiger partial charge in [-0.05, 0) is 12.0 Å². The van der Waals surface area contributed by atoms with Crippen LogP contribution in [0, 0.1) is 0 Å². The minimum absolute atomic E-state index is 0.246. The third-order valence-electron chi connectivity index (χ3n) is 1.41. The van der Waals surface area contributed by atoms with Gasteiger partial charge >= 0.3 is 6.09 Å². The molecule has 0 aromatic heterocycles. The fraction of sp³-hybridized carbons (Fsp3) is 0.364. The molecule has 0 bridgehead atoms. The summed E-state index contributed by atoms with van der Waals surface area (Å²) in [6, 6.07) is 9.37. The average Bonchev–Trinajstić information content (AvgIpc) is 2.28. The van der Waals surface area contributed by atoms with Crippen molar-refractivity contribution in [3.8, 4) is 0 Å². The van der Waals surface area contributed by atoms with Crippen LogP contribution in [-0.4, -0.2) is 12.0 Å². The number of hydrogen-bond acceptors (Lipinski definition) is 2. The summed E-state index contributed by atoms with van der Waals surface area (Å²) in [4.78, 5) is 10.2. The highest BCUT2D eigenvalue weighted by atomic mass is 35.5. The molecular weight excluding hydrogens is 214 g/mol. The van der Waals surface area contributed by atoms with E-state index in [9.17, 15) is 4.79 Å². The molecule has 1 amide bonds. The van der Waals surface area contributed by atoms with E-state index in [0.717, 1.165) is 17.9 Å². The maximum Gasteiger partial charge on any atom is 0.404 e. The van der Waals surface area contributed by atoms with Gasteiger partial charge in [-0.25, -0.2) is 4.79 Å². The number of amides is 1. The van der Waals surface area contributed by atoms with Crippen LogP contribution in [0.25, 0.3) is 0 Å². The number of primary amides is 1. The van der Waals surface area contributed by atoms with Crippen molar-refractivity contribution in [1.29, 1.82) is 0 Å². The molecule has 2 N–H and O–H groups in total. The van der Waals surface area contributed by atoms with Crippen LogP contribution >= 0.6 is 11.6 Å². The Morgan fingerprint density at radius 3 is 2.33 bits per heavy atom. The van der Waals surface area contributed by atoms with Crippen LogP contribution in [0.4, 0.5) is 4.79 Å². The summed E-state index contributed by atoms with van der Waals surface area (Å²) in [6.45, 7) is 2.29. The van der Waals surface area contributed by atoms with Crippen LogP contribution < -0.4 is 5.73 Å². The van der Waals surface area contributed by atoms with Gasteiger partial charge in [-0.15, -0.1) is 11.6 Å². The van der Waals surface area contributed by atoms with E-state index in [-0.39, 0.29) is 6.61 Å². The Labute approximate surface area is 95.2 Å². The molecule has 4 heteroatoms. The predicted molar refractivity (Wildman–Crippen MR) is 61.8 cm³/mol. The number of hydrogen-bond donors (Lipinski definition) is 1. The fourth-order valence-corrected chi connectivity index (χ4v) is 0.729.